The average Bonchev–Trinajstić information content (AvgIpc) is 3.42. The molecule has 5 heterocycles. The number of nitrogens with zero attached hydrogens (tertiary/aromatic N) is 10. The maximum atomic E-state index is 4.53. The summed E-state index contributed by atoms with van der Waals surface area (Å²) in [6, 6.07) is 0. The van der Waals surface area contributed by atoms with Crippen LogP contribution in [0.3, 0.4) is 0 Å². The Labute approximate surface area is 180 Å². The van der Waals surface area contributed by atoms with Gasteiger partial charge in [-0.2, -0.15) is 0 Å². The van der Waals surface area contributed by atoms with Gasteiger partial charge in [-0.15, -0.1) is 0 Å². The predicted octanol–water partition coefficient (Wildman–Crippen LogP) is 1.68. The summed E-state index contributed by atoms with van der Waals surface area (Å²) in [6.45, 7) is 7.90. The Morgan fingerprint density at radius 1 is 0.655 bits per heavy atom. The van der Waals surface area contributed by atoms with Crippen molar-refractivity contribution in [2.75, 3.05) is 0 Å². The largest absolute Gasteiger partial charge is 2.00 e. The van der Waals surface area contributed by atoms with Crippen molar-refractivity contribution in [3.63, 3.8) is 0 Å². The minimum atomic E-state index is -0.561. The smallest absolute Gasteiger partial charge is 0.371 e. The molecule has 3 aliphatic rings. The van der Waals surface area contributed by atoms with Gasteiger partial charge in [-0.05, 0) is 51.7 Å². The van der Waals surface area contributed by atoms with Gasteiger partial charge < -0.3 is 29.9 Å². The molecule has 3 aliphatic heterocycles. The normalized spacial score (nSPS) is 24.1. The third kappa shape index (κ3) is 3.17. The molecule has 8 bridgehead atoms. The van der Waals surface area contributed by atoms with Crippen molar-refractivity contribution in [2.24, 2.45) is 30.0 Å². The van der Waals surface area contributed by atoms with E-state index in [-0.39, 0.29) is 21.1 Å². The van der Waals surface area contributed by atoms with Gasteiger partial charge in [0.05, 0.1) is 23.9 Å². The number of imidazole rings is 2. The predicted molar refractivity (Wildman–Crippen MR) is 107 cm³/mol. The molecule has 0 N–H and O–H groups in total. The zero-order chi connectivity index (χ0) is 19.5. The molecule has 0 saturated carbocycles. The molecular formula is C18H16N10Pt. The van der Waals surface area contributed by atoms with Crippen LogP contribution in [-0.2, 0) is 31.9 Å². The summed E-state index contributed by atoms with van der Waals surface area (Å²) < 4.78 is 0. The van der Waals surface area contributed by atoms with Gasteiger partial charge in [0.15, 0.2) is 11.9 Å². The molecule has 0 saturated heterocycles. The van der Waals surface area contributed by atoms with Gasteiger partial charge in [0, 0.05) is 22.5 Å². The van der Waals surface area contributed by atoms with Gasteiger partial charge in [0.1, 0.15) is 0 Å². The van der Waals surface area contributed by atoms with E-state index in [0.29, 0.717) is 46.6 Å². The van der Waals surface area contributed by atoms with Crippen molar-refractivity contribution in [1.29, 1.82) is 0 Å². The van der Waals surface area contributed by atoms with Gasteiger partial charge in [0.2, 0.25) is 0 Å². The molecule has 0 fully saturated rings. The molecule has 0 atom stereocenters. The van der Waals surface area contributed by atoms with E-state index in [9.17, 15) is 0 Å². The fraction of sp³-hybridized carbons (Fsp3) is 0.333. The third-order valence-corrected chi connectivity index (χ3v) is 4.92. The maximum Gasteiger partial charge on any atom is 2.00 e. The molecule has 2 aromatic heterocycles. The number of hydrogen-bond acceptors (Lipinski definition) is 8. The van der Waals surface area contributed by atoms with Gasteiger partial charge in [0.25, 0.3) is 0 Å². The van der Waals surface area contributed by atoms with Crippen LogP contribution in [0.5, 0.6) is 0 Å². The van der Waals surface area contributed by atoms with Crippen LogP contribution in [0.25, 0.3) is 0 Å². The fourth-order valence-electron chi connectivity index (χ4n) is 2.99. The first kappa shape index (κ1) is 19.4. The zero-order valence-corrected chi connectivity index (χ0v) is 18.4. The van der Waals surface area contributed by atoms with Gasteiger partial charge in [-0.25, -0.2) is 20.0 Å². The first-order chi connectivity index (χ1) is 13.3. The molecule has 10 nitrogen and oxygen atoms in total. The van der Waals surface area contributed by atoms with Crippen molar-refractivity contribution in [1.82, 2.24) is 19.9 Å². The minimum absolute atomic E-state index is 0. The summed E-state index contributed by atoms with van der Waals surface area (Å²) >= 11 is 0. The molecule has 0 amide bonds. The van der Waals surface area contributed by atoms with Crippen LogP contribution in [-0.4, -0.2) is 45.7 Å². The topological polar surface area (TPSA) is 128 Å². The molecule has 29 heavy (non-hydrogen) atoms. The van der Waals surface area contributed by atoms with Gasteiger partial charge in [-0.1, -0.05) is 0 Å². The van der Waals surface area contributed by atoms with Gasteiger partial charge >= 0.3 is 21.1 Å². The number of aromatic nitrogens is 4. The average molecular weight is 567 g/mol. The first-order valence-electron chi connectivity index (χ1n) is 8.77. The van der Waals surface area contributed by atoms with E-state index >= 15 is 0 Å². The van der Waals surface area contributed by atoms with Crippen molar-refractivity contribution >= 4 is 47.4 Å². The number of fused-ring (bicyclic) bond motifs is 6. The maximum absolute atomic E-state index is 4.53. The van der Waals surface area contributed by atoms with Crippen LogP contribution in [0, 0.1) is 0 Å². The summed E-state index contributed by atoms with van der Waals surface area (Å²) in [4.78, 5) is 44.4. The Morgan fingerprint density at radius 3 is 1.48 bits per heavy atom. The Morgan fingerprint density at radius 2 is 1.07 bits per heavy atom. The van der Waals surface area contributed by atoms with Crippen LogP contribution in [0.1, 0.15) is 39.3 Å². The molecule has 2 aromatic rings. The van der Waals surface area contributed by atoms with Crippen molar-refractivity contribution in [3.05, 3.63) is 24.0 Å². The molecule has 11 heteroatoms. The monoisotopic (exact) mass is 567 g/mol. The SMILES string of the molecule is CC1(C)C2=N/C(=N\c3cnc([n-]3)C(C)(C)C3=N/C(=N\c4cnc1[n-]4)N=C3)N=C2.[Pt+2]. The molecular weight excluding hydrogens is 551 g/mol. The molecule has 5 rings (SSSR count). The second-order valence-electron chi connectivity index (χ2n) is 7.69. The Balaban J connectivity index is 0.00000205. The van der Waals surface area contributed by atoms with E-state index < -0.39 is 10.8 Å². The Kier molecular flexibility index (Phi) is 4.42. The molecule has 0 unspecified atom stereocenters. The second kappa shape index (κ2) is 6.59. The first-order valence-corrected chi connectivity index (χ1v) is 8.77. The van der Waals surface area contributed by atoms with E-state index in [1.54, 1.807) is 24.8 Å². The van der Waals surface area contributed by atoms with Crippen molar-refractivity contribution < 1.29 is 21.1 Å². The summed E-state index contributed by atoms with van der Waals surface area (Å²) in [6.07, 6.45) is 6.56. The van der Waals surface area contributed by atoms with Crippen LogP contribution in [0.15, 0.2) is 42.3 Å². The molecule has 0 radical (unpaired) electrons. The van der Waals surface area contributed by atoms with Crippen molar-refractivity contribution in [2.45, 2.75) is 38.5 Å². The Hall–Kier alpha value is -2.87. The van der Waals surface area contributed by atoms with Crippen LogP contribution < -0.4 is 9.97 Å². The minimum Gasteiger partial charge on any atom is -0.371 e. The van der Waals surface area contributed by atoms with Crippen molar-refractivity contribution in [3.8, 4) is 0 Å². The van der Waals surface area contributed by atoms with Crippen LogP contribution in [0.4, 0.5) is 11.6 Å². The van der Waals surface area contributed by atoms with Crippen LogP contribution in [0.2, 0.25) is 0 Å². The van der Waals surface area contributed by atoms with E-state index in [4.69, 9.17) is 0 Å². The second-order valence-corrected chi connectivity index (χ2v) is 7.69. The summed E-state index contributed by atoms with van der Waals surface area (Å²) in [5.74, 6) is 2.72. The fourth-order valence-corrected chi connectivity index (χ4v) is 2.99. The quantitative estimate of drug-likeness (QED) is 0.480. The molecule has 148 valence electrons. The Bertz CT molecular complexity index is 1080. The third-order valence-electron chi connectivity index (χ3n) is 4.92. The standard InChI is InChI=1S/C18H16N10.Pt/c1-17(2)9-5-21-15(23-9)28-12-8-20-14(26-12)18(3,4)10-6-22-16(24-10)27-11-7-19-13(17)25-11;/h5-8H,1-4H3;/q-2;+2/b27-16-,28-15-;. The van der Waals surface area contributed by atoms with E-state index in [1.807, 2.05) is 27.7 Å². The molecule has 0 spiro atoms. The number of aliphatic imine (C=N–C) groups is 6. The zero-order valence-electron chi connectivity index (χ0n) is 16.1. The number of hydrogen-bond donors (Lipinski definition) is 0. The van der Waals surface area contributed by atoms with Gasteiger partial charge in [-0.3, -0.25) is 0 Å². The number of guanidine groups is 2. The molecule has 0 aliphatic carbocycles. The van der Waals surface area contributed by atoms with E-state index in [1.165, 1.54) is 0 Å². The van der Waals surface area contributed by atoms with E-state index in [2.05, 4.69) is 49.9 Å². The van der Waals surface area contributed by atoms with Crippen LogP contribution >= 0.6 is 0 Å². The molecule has 0 aromatic carbocycles. The summed E-state index contributed by atoms with van der Waals surface area (Å²) in [5, 5.41) is 0. The summed E-state index contributed by atoms with van der Waals surface area (Å²) in [5.41, 5.74) is 0.299. The number of rotatable bonds is 0. The summed E-state index contributed by atoms with van der Waals surface area (Å²) in [7, 11) is 0. The van der Waals surface area contributed by atoms with E-state index in [0.717, 1.165) is 0 Å².